The first-order valence-electron chi connectivity index (χ1n) is 12.1. The molecular formula is C31H29FO3. The zero-order chi connectivity index (χ0) is 24.9. The normalized spacial score (nSPS) is 17.2. The lowest BCUT2D eigenvalue weighted by Gasteiger charge is -2.17. The molecule has 178 valence electrons. The minimum atomic E-state index is -0.467. The maximum atomic E-state index is 13.9. The van der Waals surface area contributed by atoms with Gasteiger partial charge in [0.05, 0.1) is 5.57 Å². The standard InChI is InChI=1S/C31H29FO3/c1-3-29(33)25-14-13-24(19-25)23-7-4-6-21(16-23)12-15-30(34)27-9-5-8-26(31(27)35)17-22-11-10-20(2)28(32)18-22/h4-11,13,16,18-19,26H,3,12,14-15,17H2,1-2H3. The van der Waals surface area contributed by atoms with Crippen LogP contribution in [0.3, 0.4) is 0 Å². The first kappa shape index (κ1) is 24.5. The van der Waals surface area contributed by atoms with Crippen molar-refractivity contribution in [3.8, 4) is 0 Å². The van der Waals surface area contributed by atoms with E-state index in [1.807, 2.05) is 43.3 Å². The number of halogens is 1. The van der Waals surface area contributed by atoms with Crippen LogP contribution < -0.4 is 0 Å². The van der Waals surface area contributed by atoms with Crippen molar-refractivity contribution in [2.75, 3.05) is 0 Å². The highest BCUT2D eigenvalue weighted by Gasteiger charge is 2.27. The van der Waals surface area contributed by atoms with E-state index in [-0.39, 0.29) is 35.2 Å². The molecule has 4 rings (SSSR count). The van der Waals surface area contributed by atoms with Crippen LogP contribution in [0.4, 0.5) is 4.39 Å². The molecule has 35 heavy (non-hydrogen) atoms. The Morgan fingerprint density at radius 1 is 1.06 bits per heavy atom. The molecule has 2 aromatic rings. The number of rotatable bonds is 9. The first-order valence-corrected chi connectivity index (χ1v) is 12.1. The minimum Gasteiger partial charge on any atom is -0.295 e. The number of ketones is 3. The molecule has 0 N–H and O–H groups in total. The Balaban J connectivity index is 1.38. The van der Waals surface area contributed by atoms with Gasteiger partial charge >= 0.3 is 0 Å². The van der Waals surface area contributed by atoms with Crippen molar-refractivity contribution < 1.29 is 18.8 Å². The van der Waals surface area contributed by atoms with E-state index in [0.717, 1.165) is 27.8 Å². The van der Waals surface area contributed by atoms with Gasteiger partial charge in [-0.1, -0.05) is 61.5 Å². The van der Waals surface area contributed by atoms with Crippen LogP contribution >= 0.6 is 0 Å². The van der Waals surface area contributed by atoms with E-state index in [0.29, 0.717) is 31.2 Å². The van der Waals surface area contributed by atoms with Crippen LogP contribution in [-0.2, 0) is 27.2 Å². The molecule has 0 radical (unpaired) electrons. The molecule has 0 fully saturated rings. The van der Waals surface area contributed by atoms with E-state index in [1.165, 1.54) is 6.07 Å². The van der Waals surface area contributed by atoms with Crippen LogP contribution in [-0.4, -0.2) is 17.3 Å². The lowest BCUT2D eigenvalue weighted by atomic mass is 9.85. The average molecular weight is 469 g/mol. The van der Waals surface area contributed by atoms with Crippen LogP contribution in [0, 0.1) is 18.7 Å². The Bertz CT molecular complexity index is 1310. The molecule has 0 aliphatic heterocycles. The van der Waals surface area contributed by atoms with Gasteiger partial charge in [0.2, 0.25) is 0 Å². The highest BCUT2D eigenvalue weighted by Crippen LogP contribution is 2.28. The number of carbonyl (C=O) groups excluding carboxylic acids is 3. The zero-order valence-corrected chi connectivity index (χ0v) is 20.1. The number of allylic oxidation sites excluding steroid dienone is 8. The molecule has 1 unspecified atom stereocenters. The monoisotopic (exact) mass is 468 g/mol. The molecule has 0 saturated carbocycles. The molecule has 0 spiro atoms. The van der Waals surface area contributed by atoms with Crippen LogP contribution in [0.25, 0.3) is 5.57 Å². The minimum absolute atomic E-state index is 0.170. The fraction of sp³-hybridized carbons (Fsp3) is 0.258. The molecule has 0 bridgehead atoms. The van der Waals surface area contributed by atoms with Crippen LogP contribution in [0.5, 0.6) is 0 Å². The predicted molar refractivity (Wildman–Crippen MR) is 136 cm³/mol. The SMILES string of the molecule is CCC(=O)C1=CC(c2cccc(CCC(=O)C3=CC=CC(Cc4ccc(C)c(F)c4)C3=O)c2)=CC1. The topological polar surface area (TPSA) is 51.2 Å². The molecule has 0 saturated heterocycles. The molecule has 0 aromatic heterocycles. The smallest absolute Gasteiger partial charge is 0.173 e. The molecular weight excluding hydrogens is 439 g/mol. The number of carbonyl (C=O) groups is 3. The fourth-order valence-electron chi connectivity index (χ4n) is 4.51. The van der Waals surface area contributed by atoms with Crippen molar-refractivity contribution in [3.63, 3.8) is 0 Å². The Morgan fingerprint density at radius 3 is 2.66 bits per heavy atom. The predicted octanol–water partition coefficient (Wildman–Crippen LogP) is 6.25. The van der Waals surface area contributed by atoms with Crippen LogP contribution in [0.1, 0.15) is 48.4 Å². The molecule has 3 nitrogen and oxygen atoms in total. The van der Waals surface area contributed by atoms with Gasteiger partial charge < -0.3 is 0 Å². The van der Waals surface area contributed by atoms with Gasteiger partial charge in [-0.05, 0) is 77.8 Å². The van der Waals surface area contributed by atoms with Gasteiger partial charge in [0.25, 0.3) is 0 Å². The second-order valence-electron chi connectivity index (χ2n) is 9.16. The second kappa shape index (κ2) is 10.7. The Kier molecular flexibility index (Phi) is 7.50. The number of hydrogen-bond acceptors (Lipinski definition) is 3. The summed E-state index contributed by atoms with van der Waals surface area (Å²) in [4.78, 5) is 37.9. The van der Waals surface area contributed by atoms with Crippen molar-refractivity contribution in [1.29, 1.82) is 0 Å². The van der Waals surface area contributed by atoms with Crippen molar-refractivity contribution >= 4 is 22.9 Å². The van der Waals surface area contributed by atoms with Gasteiger partial charge in [-0.15, -0.1) is 0 Å². The summed E-state index contributed by atoms with van der Waals surface area (Å²) in [5, 5.41) is 0. The first-order chi connectivity index (χ1) is 16.9. The zero-order valence-electron chi connectivity index (χ0n) is 20.1. The Morgan fingerprint density at radius 2 is 1.89 bits per heavy atom. The fourth-order valence-corrected chi connectivity index (χ4v) is 4.51. The quantitative estimate of drug-likeness (QED) is 0.409. The highest BCUT2D eigenvalue weighted by atomic mass is 19.1. The Labute approximate surface area is 205 Å². The maximum Gasteiger partial charge on any atom is 0.173 e. The molecule has 0 amide bonds. The number of hydrogen-bond donors (Lipinski definition) is 0. The molecule has 2 aromatic carbocycles. The summed E-state index contributed by atoms with van der Waals surface area (Å²) in [6, 6.07) is 13.0. The third-order valence-corrected chi connectivity index (χ3v) is 6.65. The largest absolute Gasteiger partial charge is 0.295 e. The van der Waals surface area contributed by atoms with Crippen LogP contribution in [0.2, 0.25) is 0 Å². The van der Waals surface area contributed by atoms with Crippen molar-refractivity contribution in [2.24, 2.45) is 5.92 Å². The second-order valence-corrected chi connectivity index (χ2v) is 9.16. The molecule has 1 atom stereocenters. The van der Waals surface area contributed by atoms with Gasteiger partial charge in [0, 0.05) is 18.8 Å². The van der Waals surface area contributed by atoms with Gasteiger partial charge in [-0.3, -0.25) is 14.4 Å². The molecule has 2 aliphatic rings. The maximum absolute atomic E-state index is 13.9. The van der Waals surface area contributed by atoms with Gasteiger partial charge in [-0.2, -0.15) is 0 Å². The molecule has 4 heteroatoms. The van der Waals surface area contributed by atoms with Crippen molar-refractivity contribution in [2.45, 2.75) is 46.0 Å². The van der Waals surface area contributed by atoms with Gasteiger partial charge in [-0.25, -0.2) is 4.39 Å². The van der Waals surface area contributed by atoms with E-state index >= 15 is 0 Å². The van der Waals surface area contributed by atoms with Gasteiger partial charge in [0.15, 0.2) is 17.3 Å². The molecule has 2 aliphatic carbocycles. The van der Waals surface area contributed by atoms with Crippen molar-refractivity contribution in [1.82, 2.24) is 0 Å². The third-order valence-electron chi connectivity index (χ3n) is 6.65. The summed E-state index contributed by atoms with van der Waals surface area (Å²) < 4.78 is 13.9. The summed E-state index contributed by atoms with van der Waals surface area (Å²) >= 11 is 0. The Hall–Kier alpha value is -3.66. The highest BCUT2D eigenvalue weighted by molar-refractivity contribution is 6.22. The van der Waals surface area contributed by atoms with E-state index in [1.54, 1.807) is 31.2 Å². The van der Waals surface area contributed by atoms with E-state index in [4.69, 9.17) is 0 Å². The third kappa shape index (κ3) is 5.71. The molecule has 0 heterocycles. The number of Topliss-reactive ketones (excluding diaryl/α,β-unsaturated/α-hetero) is 3. The lowest BCUT2D eigenvalue weighted by Crippen LogP contribution is -2.24. The summed E-state index contributed by atoms with van der Waals surface area (Å²) in [6.07, 6.45) is 11.4. The van der Waals surface area contributed by atoms with E-state index in [2.05, 4.69) is 6.08 Å². The van der Waals surface area contributed by atoms with E-state index in [9.17, 15) is 18.8 Å². The van der Waals surface area contributed by atoms with E-state index < -0.39 is 5.92 Å². The lowest BCUT2D eigenvalue weighted by molar-refractivity contribution is -0.123. The summed E-state index contributed by atoms with van der Waals surface area (Å²) in [5.41, 5.74) is 5.41. The average Bonchev–Trinajstić information content (AvgIpc) is 3.36. The number of benzene rings is 2. The summed E-state index contributed by atoms with van der Waals surface area (Å²) in [6.45, 7) is 3.57. The summed E-state index contributed by atoms with van der Waals surface area (Å²) in [5.74, 6) is -0.975. The van der Waals surface area contributed by atoms with Crippen molar-refractivity contribution in [3.05, 3.63) is 112 Å². The number of aryl methyl sites for hydroxylation is 2. The van der Waals surface area contributed by atoms with Crippen LogP contribution in [0.15, 0.2) is 84.0 Å². The van der Waals surface area contributed by atoms with Gasteiger partial charge in [0.1, 0.15) is 5.82 Å². The summed E-state index contributed by atoms with van der Waals surface area (Å²) in [7, 11) is 0.